The van der Waals surface area contributed by atoms with Crippen LogP contribution in [0.25, 0.3) is 10.8 Å². The van der Waals surface area contributed by atoms with Gasteiger partial charge in [-0.05, 0) is 28.5 Å². The number of hydrogen-bond acceptors (Lipinski definition) is 5. The second-order valence-electron chi connectivity index (χ2n) is 6.64. The lowest BCUT2D eigenvalue weighted by molar-refractivity contribution is -0.153. The number of nitrogens with zero attached hydrogens (tertiary/aromatic N) is 2. The molecule has 0 fully saturated rings. The maximum absolute atomic E-state index is 12.2. The number of rotatable bonds is 6. The van der Waals surface area contributed by atoms with Gasteiger partial charge in [0.05, 0.1) is 12.3 Å². The highest BCUT2D eigenvalue weighted by Gasteiger charge is 2.22. The summed E-state index contributed by atoms with van der Waals surface area (Å²) in [5.74, 6) is -0.378. The highest BCUT2D eigenvalue weighted by Crippen LogP contribution is 2.20. The summed E-state index contributed by atoms with van der Waals surface area (Å²) in [6.45, 7) is -0.135. The van der Waals surface area contributed by atoms with Crippen molar-refractivity contribution in [2.75, 3.05) is 19.8 Å². The Morgan fingerprint density at radius 1 is 0.897 bits per heavy atom. The minimum absolute atomic E-state index is 0.260. The molecule has 6 heteroatoms. The number of carbonyl (C=O) groups is 2. The van der Waals surface area contributed by atoms with Crippen LogP contribution < -0.4 is 4.74 Å². The number of benzene rings is 3. The zero-order valence-electron chi connectivity index (χ0n) is 15.8. The normalized spacial score (nSPS) is 13.2. The predicted octanol–water partition coefficient (Wildman–Crippen LogP) is 3.40. The first-order valence-electron chi connectivity index (χ1n) is 9.39. The lowest BCUT2D eigenvalue weighted by atomic mass is 10.1. The highest BCUT2D eigenvalue weighted by molar-refractivity contribution is 6.02. The van der Waals surface area contributed by atoms with E-state index in [9.17, 15) is 9.59 Å². The van der Waals surface area contributed by atoms with Crippen LogP contribution in [0.3, 0.4) is 0 Å². The molecule has 0 atom stereocenters. The molecule has 1 aliphatic heterocycles. The van der Waals surface area contributed by atoms with Gasteiger partial charge < -0.3 is 9.47 Å². The molecule has 0 radical (unpaired) electrons. The molecule has 0 saturated carbocycles. The zero-order chi connectivity index (χ0) is 20.1. The van der Waals surface area contributed by atoms with Crippen LogP contribution in [0.4, 0.5) is 0 Å². The van der Waals surface area contributed by atoms with Gasteiger partial charge in [-0.3, -0.25) is 4.79 Å². The number of amides is 1. The molecule has 0 spiro atoms. The van der Waals surface area contributed by atoms with Crippen LogP contribution in [-0.2, 0) is 14.3 Å². The third-order valence-electron chi connectivity index (χ3n) is 4.63. The van der Waals surface area contributed by atoms with Gasteiger partial charge in [0.1, 0.15) is 5.75 Å². The van der Waals surface area contributed by atoms with E-state index < -0.39 is 5.97 Å². The van der Waals surface area contributed by atoms with E-state index >= 15 is 0 Å². The average Bonchev–Trinajstić information content (AvgIpc) is 3.27. The second kappa shape index (κ2) is 8.56. The molecule has 6 nitrogen and oxygen atoms in total. The summed E-state index contributed by atoms with van der Waals surface area (Å²) >= 11 is 0. The van der Waals surface area contributed by atoms with E-state index in [1.54, 1.807) is 6.07 Å². The third-order valence-corrected chi connectivity index (χ3v) is 4.63. The van der Waals surface area contributed by atoms with Crippen molar-refractivity contribution in [2.24, 2.45) is 5.10 Å². The fourth-order valence-corrected chi connectivity index (χ4v) is 3.13. The molecule has 0 saturated heterocycles. The van der Waals surface area contributed by atoms with Crippen molar-refractivity contribution < 1.29 is 19.1 Å². The van der Waals surface area contributed by atoms with Gasteiger partial charge in [0.25, 0.3) is 5.91 Å². The first-order valence-corrected chi connectivity index (χ1v) is 9.39. The van der Waals surface area contributed by atoms with Gasteiger partial charge in [-0.1, -0.05) is 60.7 Å². The Bertz CT molecular complexity index is 1060. The number of esters is 1. The van der Waals surface area contributed by atoms with E-state index in [1.165, 1.54) is 5.01 Å². The summed E-state index contributed by atoms with van der Waals surface area (Å²) in [5, 5.41) is 7.80. The van der Waals surface area contributed by atoms with E-state index in [0.717, 1.165) is 22.0 Å². The first-order chi connectivity index (χ1) is 14.2. The lowest BCUT2D eigenvalue weighted by Gasteiger charge is -2.12. The van der Waals surface area contributed by atoms with Crippen LogP contribution in [0.5, 0.6) is 5.75 Å². The summed E-state index contributed by atoms with van der Waals surface area (Å²) < 4.78 is 10.5. The molecular formula is C23H20N2O4. The highest BCUT2D eigenvalue weighted by atomic mass is 16.6. The van der Waals surface area contributed by atoms with Crippen LogP contribution in [0.2, 0.25) is 0 Å². The van der Waals surface area contributed by atoms with Gasteiger partial charge in [0.2, 0.25) is 0 Å². The van der Waals surface area contributed by atoms with Gasteiger partial charge in [0, 0.05) is 6.42 Å². The maximum Gasteiger partial charge on any atom is 0.344 e. The average molecular weight is 388 g/mol. The summed E-state index contributed by atoms with van der Waals surface area (Å²) in [7, 11) is 0. The molecule has 0 aromatic heterocycles. The standard InChI is InChI=1S/C23H20N2O4/c26-22(25-13-12-21(24-25)18-7-2-1-3-8-18)15-29-23(27)16-28-20-11-10-17-6-4-5-9-19(17)14-20/h1-11,14H,12-13,15-16H2. The van der Waals surface area contributed by atoms with Crippen molar-refractivity contribution in [3.05, 3.63) is 78.4 Å². The molecule has 0 bridgehead atoms. The van der Waals surface area contributed by atoms with Crippen LogP contribution in [0.1, 0.15) is 12.0 Å². The van der Waals surface area contributed by atoms with Crippen molar-refractivity contribution in [3.63, 3.8) is 0 Å². The Hall–Kier alpha value is -3.67. The van der Waals surface area contributed by atoms with E-state index in [-0.39, 0.29) is 19.1 Å². The van der Waals surface area contributed by atoms with Gasteiger partial charge >= 0.3 is 5.97 Å². The Morgan fingerprint density at radius 3 is 2.48 bits per heavy atom. The van der Waals surface area contributed by atoms with E-state index in [4.69, 9.17) is 9.47 Å². The van der Waals surface area contributed by atoms with Crippen molar-refractivity contribution in [1.29, 1.82) is 0 Å². The smallest absolute Gasteiger partial charge is 0.344 e. The number of ether oxygens (including phenoxy) is 2. The number of fused-ring (bicyclic) bond motifs is 1. The van der Waals surface area contributed by atoms with Crippen LogP contribution in [0, 0.1) is 0 Å². The topological polar surface area (TPSA) is 68.2 Å². The molecule has 0 unspecified atom stereocenters. The van der Waals surface area contributed by atoms with Crippen LogP contribution >= 0.6 is 0 Å². The molecule has 146 valence electrons. The molecule has 4 rings (SSSR count). The van der Waals surface area contributed by atoms with Crippen LogP contribution in [-0.4, -0.2) is 42.4 Å². The molecule has 3 aromatic carbocycles. The SMILES string of the molecule is O=C(COc1ccc2ccccc2c1)OCC(=O)N1CCC(c2ccccc2)=N1. The minimum Gasteiger partial charge on any atom is -0.482 e. The molecule has 0 N–H and O–H groups in total. The van der Waals surface area contributed by atoms with Gasteiger partial charge in [-0.15, -0.1) is 0 Å². The molecule has 1 aliphatic rings. The summed E-state index contributed by atoms with van der Waals surface area (Å²) in [6, 6.07) is 23.2. The summed E-state index contributed by atoms with van der Waals surface area (Å²) in [4.78, 5) is 24.2. The van der Waals surface area contributed by atoms with Gasteiger partial charge in [0.15, 0.2) is 13.2 Å². The Labute approximate surface area is 168 Å². The van der Waals surface area contributed by atoms with Crippen molar-refractivity contribution in [2.45, 2.75) is 6.42 Å². The third kappa shape index (κ3) is 4.60. The molecule has 29 heavy (non-hydrogen) atoms. The molecule has 3 aromatic rings. The Kier molecular flexibility index (Phi) is 5.52. The summed E-state index contributed by atoms with van der Waals surface area (Å²) in [5.41, 5.74) is 1.84. The number of carbonyl (C=O) groups excluding carboxylic acids is 2. The molecule has 1 heterocycles. The fraction of sp³-hybridized carbons (Fsp3) is 0.174. The number of hydrogen-bond donors (Lipinski definition) is 0. The monoisotopic (exact) mass is 388 g/mol. The largest absolute Gasteiger partial charge is 0.482 e. The van der Waals surface area contributed by atoms with Crippen molar-refractivity contribution in [3.8, 4) is 5.75 Å². The van der Waals surface area contributed by atoms with Crippen molar-refractivity contribution in [1.82, 2.24) is 5.01 Å². The molecule has 1 amide bonds. The molecular weight excluding hydrogens is 368 g/mol. The Morgan fingerprint density at radius 2 is 1.66 bits per heavy atom. The molecule has 0 aliphatic carbocycles. The number of hydrazone groups is 1. The van der Waals surface area contributed by atoms with Gasteiger partial charge in [-0.25, -0.2) is 9.80 Å². The van der Waals surface area contributed by atoms with E-state index in [2.05, 4.69) is 5.10 Å². The Balaban J connectivity index is 1.26. The van der Waals surface area contributed by atoms with Crippen LogP contribution in [0.15, 0.2) is 77.9 Å². The minimum atomic E-state index is -0.599. The second-order valence-corrected chi connectivity index (χ2v) is 6.64. The lowest BCUT2D eigenvalue weighted by Crippen LogP contribution is -2.29. The predicted molar refractivity (Wildman–Crippen MR) is 110 cm³/mol. The van der Waals surface area contributed by atoms with E-state index in [1.807, 2.05) is 66.7 Å². The van der Waals surface area contributed by atoms with Gasteiger partial charge in [-0.2, -0.15) is 5.10 Å². The van der Waals surface area contributed by atoms with E-state index in [0.29, 0.717) is 18.7 Å². The maximum atomic E-state index is 12.2. The quantitative estimate of drug-likeness (QED) is 0.607. The van der Waals surface area contributed by atoms with Crippen molar-refractivity contribution >= 4 is 28.4 Å². The summed E-state index contributed by atoms with van der Waals surface area (Å²) in [6.07, 6.45) is 0.675. The first kappa shape index (κ1) is 18.7. The zero-order valence-corrected chi connectivity index (χ0v) is 15.8. The fourth-order valence-electron chi connectivity index (χ4n) is 3.13.